The number of nitrogens with one attached hydrogen (secondary N) is 1. The van der Waals surface area contributed by atoms with Gasteiger partial charge in [-0.05, 0) is 19.1 Å². The summed E-state index contributed by atoms with van der Waals surface area (Å²) in [7, 11) is 4.20. The van der Waals surface area contributed by atoms with Crippen molar-refractivity contribution in [3.05, 3.63) is 30.3 Å². The number of para-hydroxylation sites is 1. The first kappa shape index (κ1) is 16.1. The van der Waals surface area contributed by atoms with Crippen molar-refractivity contribution in [3.8, 4) is 0 Å². The average molecular weight is 374 g/mol. The molecule has 19 heavy (non-hydrogen) atoms. The molecule has 1 aromatic carbocycles. The maximum atomic E-state index is 4.43. The Bertz CT molecular complexity index is 407. The molecule has 1 N–H and O–H groups in total. The van der Waals surface area contributed by atoms with E-state index in [1.165, 1.54) is 5.69 Å². The van der Waals surface area contributed by atoms with Gasteiger partial charge in [0.25, 0.3) is 0 Å². The third kappa shape index (κ3) is 4.26. The van der Waals surface area contributed by atoms with Crippen LogP contribution in [0.5, 0.6) is 0 Å². The third-order valence-electron chi connectivity index (χ3n) is 3.44. The van der Waals surface area contributed by atoms with E-state index in [1.807, 2.05) is 6.07 Å². The Morgan fingerprint density at radius 1 is 1.37 bits per heavy atom. The lowest BCUT2D eigenvalue weighted by molar-refractivity contribution is 0.526. The molecule has 0 radical (unpaired) electrons. The number of guanidine groups is 1. The van der Waals surface area contributed by atoms with Gasteiger partial charge in [0.2, 0.25) is 0 Å². The normalized spacial score (nSPS) is 15.5. The SMILES string of the molecule is CC(CNC1=NCCN1C)N(C)c1ccccc1.I. The Kier molecular flexibility index (Phi) is 6.41. The molecule has 4 nitrogen and oxygen atoms in total. The van der Waals surface area contributed by atoms with Gasteiger partial charge in [-0.2, -0.15) is 0 Å². The van der Waals surface area contributed by atoms with E-state index in [2.05, 4.69) is 65.4 Å². The highest BCUT2D eigenvalue weighted by Crippen LogP contribution is 2.13. The van der Waals surface area contributed by atoms with Gasteiger partial charge in [0.05, 0.1) is 6.54 Å². The summed E-state index contributed by atoms with van der Waals surface area (Å²) in [5.74, 6) is 1.02. The van der Waals surface area contributed by atoms with Crippen molar-refractivity contribution in [2.24, 2.45) is 4.99 Å². The van der Waals surface area contributed by atoms with Gasteiger partial charge in [0.15, 0.2) is 5.96 Å². The number of rotatable bonds is 4. The van der Waals surface area contributed by atoms with Crippen LogP contribution in [0.2, 0.25) is 0 Å². The first-order valence-corrected chi connectivity index (χ1v) is 6.46. The highest BCUT2D eigenvalue weighted by molar-refractivity contribution is 14.0. The predicted octanol–water partition coefficient (Wildman–Crippen LogP) is 2.02. The molecule has 2 rings (SSSR count). The summed E-state index contributed by atoms with van der Waals surface area (Å²) >= 11 is 0. The largest absolute Gasteiger partial charge is 0.370 e. The molecule has 1 atom stereocenters. The quantitative estimate of drug-likeness (QED) is 0.819. The Hall–Kier alpha value is -0.980. The van der Waals surface area contributed by atoms with Gasteiger partial charge >= 0.3 is 0 Å². The zero-order chi connectivity index (χ0) is 13.0. The summed E-state index contributed by atoms with van der Waals surface area (Å²) in [4.78, 5) is 8.88. The number of anilines is 1. The highest BCUT2D eigenvalue weighted by atomic mass is 127. The number of nitrogens with zero attached hydrogens (tertiary/aromatic N) is 3. The fraction of sp³-hybridized carbons (Fsp3) is 0.500. The zero-order valence-electron chi connectivity index (χ0n) is 11.8. The molecule has 106 valence electrons. The Morgan fingerprint density at radius 2 is 2.05 bits per heavy atom. The molecule has 0 saturated heterocycles. The fourth-order valence-corrected chi connectivity index (χ4v) is 2.02. The van der Waals surface area contributed by atoms with Gasteiger partial charge in [0, 0.05) is 38.9 Å². The minimum absolute atomic E-state index is 0. The summed E-state index contributed by atoms with van der Waals surface area (Å²) in [5, 5.41) is 3.42. The van der Waals surface area contributed by atoms with E-state index in [-0.39, 0.29) is 24.0 Å². The molecule has 1 heterocycles. The number of benzene rings is 1. The smallest absolute Gasteiger partial charge is 0.193 e. The minimum atomic E-state index is 0. The summed E-state index contributed by atoms with van der Waals surface area (Å²) in [5.41, 5.74) is 1.24. The second-order valence-electron chi connectivity index (χ2n) is 4.80. The highest BCUT2D eigenvalue weighted by Gasteiger charge is 2.14. The van der Waals surface area contributed by atoms with Crippen LogP contribution in [-0.2, 0) is 0 Å². The van der Waals surface area contributed by atoms with Gasteiger partial charge in [-0.3, -0.25) is 4.99 Å². The van der Waals surface area contributed by atoms with E-state index < -0.39 is 0 Å². The summed E-state index contributed by atoms with van der Waals surface area (Å²) in [6.45, 7) is 5.04. The molecule has 0 aliphatic carbocycles. The van der Waals surface area contributed by atoms with E-state index in [0.29, 0.717) is 6.04 Å². The van der Waals surface area contributed by atoms with Crippen molar-refractivity contribution in [3.63, 3.8) is 0 Å². The second kappa shape index (κ2) is 7.57. The number of hydrogen-bond donors (Lipinski definition) is 1. The van der Waals surface area contributed by atoms with Crippen molar-refractivity contribution in [1.29, 1.82) is 0 Å². The van der Waals surface area contributed by atoms with E-state index in [9.17, 15) is 0 Å². The summed E-state index contributed by atoms with van der Waals surface area (Å²) in [6, 6.07) is 10.9. The van der Waals surface area contributed by atoms with E-state index >= 15 is 0 Å². The molecule has 1 unspecified atom stereocenters. The summed E-state index contributed by atoms with van der Waals surface area (Å²) in [6.07, 6.45) is 0. The van der Waals surface area contributed by atoms with Crippen molar-refractivity contribution in [1.82, 2.24) is 10.2 Å². The molecule has 0 amide bonds. The van der Waals surface area contributed by atoms with Crippen molar-refractivity contribution >= 4 is 35.6 Å². The van der Waals surface area contributed by atoms with Crippen LogP contribution in [0.1, 0.15) is 6.92 Å². The first-order chi connectivity index (χ1) is 8.68. The molecule has 0 spiro atoms. The van der Waals surface area contributed by atoms with Crippen LogP contribution in [0.25, 0.3) is 0 Å². The van der Waals surface area contributed by atoms with Crippen LogP contribution in [0, 0.1) is 0 Å². The molecule has 1 aliphatic rings. The lowest BCUT2D eigenvalue weighted by Crippen LogP contribution is -2.44. The van der Waals surface area contributed by atoms with E-state index in [0.717, 1.165) is 25.6 Å². The monoisotopic (exact) mass is 374 g/mol. The van der Waals surface area contributed by atoms with Crippen LogP contribution >= 0.6 is 24.0 Å². The first-order valence-electron chi connectivity index (χ1n) is 6.46. The van der Waals surface area contributed by atoms with E-state index in [4.69, 9.17) is 0 Å². The number of likely N-dealkylation sites (N-methyl/N-ethyl adjacent to an activating group) is 2. The lowest BCUT2D eigenvalue weighted by Gasteiger charge is -2.28. The van der Waals surface area contributed by atoms with Crippen LogP contribution in [0.15, 0.2) is 35.3 Å². The molecule has 0 fully saturated rings. The molecular formula is C14H23IN4. The van der Waals surface area contributed by atoms with Crippen molar-refractivity contribution < 1.29 is 0 Å². The van der Waals surface area contributed by atoms with Crippen molar-refractivity contribution in [2.75, 3.05) is 38.6 Å². The molecule has 5 heteroatoms. The zero-order valence-corrected chi connectivity index (χ0v) is 14.2. The Morgan fingerprint density at radius 3 is 2.63 bits per heavy atom. The average Bonchev–Trinajstić information content (AvgIpc) is 2.81. The summed E-state index contributed by atoms with van der Waals surface area (Å²) < 4.78 is 0. The molecule has 0 saturated carbocycles. The van der Waals surface area contributed by atoms with Crippen LogP contribution < -0.4 is 10.2 Å². The number of aliphatic imine (C=N–C) groups is 1. The van der Waals surface area contributed by atoms with Crippen molar-refractivity contribution in [2.45, 2.75) is 13.0 Å². The van der Waals surface area contributed by atoms with Gasteiger partial charge < -0.3 is 15.1 Å². The standard InChI is InChI=1S/C14H22N4.HI/c1-12(11-16-14-15-9-10-17(14)2)18(3)13-7-5-4-6-8-13;/h4-8,12H,9-11H2,1-3H3,(H,15,16);1H. The van der Waals surface area contributed by atoms with E-state index in [1.54, 1.807) is 0 Å². The fourth-order valence-electron chi connectivity index (χ4n) is 2.02. The van der Waals surface area contributed by atoms with Crippen LogP contribution in [0.3, 0.4) is 0 Å². The van der Waals surface area contributed by atoms with Crippen LogP contribution in [0.4, 0.5) is 5.69 Å². The molecule has 1 aliphatic heterocycles. The molecular weight excluding hydrogens is 351 g/mol. The lowest BCUT2D eigenvalue weighted by atomic mass is 10.2. The molecule has 0 bridgehead atoms. The van der Waals surface area contributed by atoms with Gasteiger partial charge in [-0.15, -0.1) is 24.0 Å². The van der Waals surface area contributed by atoms with Gasteiger partial charge in [-0.1, -0.05) is 18.2 Å². The Balaban J connectivity index is 0.00000180. The van der Waals surface area contributed by atoms with Gasteiger partial charge in [-0.25, -0.2) is 0 Å². The maximum Gasteiger partial charge on any atom is 0.193 e. The third-order valence-corrected chi connectivity index (χ3v) is 3.44. The molecule has 1 aromatic rings. The van der Waals surface area contributed by atoms with Crippen LogP contribution in [-0.4, -0.2) is 50.6 Å². The molecule has 0 aromatic heterocycles. The number of halogens is 1. The topological polar surface area (TPSA) is 30.9 Å². The number of hydrogen-bond acceptors (Lipinski definition) is 4. The Labute approximate surface area is 132 Å². The second-order valence-corrected chi connectivity index (χ2v) is 4.80. The maximum absolute atomic E-state index is 4.43. The predicted molar refractivity (Wildman–Crippen MR) is 92.7 cm³/mol. The van der Waals surface area contributed by atoms with Gasteiger partial charge in [0.1, 0.15) is 0 Å². The minimum Gasteiger partial charge on any atom is -0.370 e.